The van der Waals surface area contributed by atoms with Gasteiger partial charge >= 0.3 is 0 Å². The first-order chi connectivity index (χ1) is 9.06. The number of anilines is 1. The molecule has 0 saturated carbocycles. The fraction of sp³-hybridized carbons (Fsp3) is 0.286. The number of nitrogens with one attached hydrogen (secondary N) is 1. The van der Waals surface area contributed by atoms with Crippen molar-refractivity contribution in [3.05, 3.63) is 48.0 Å². The Balaban J connectivity index is 2.00. The summed E-state index contributed by atoms with van der Waals surface area (Å²) < 4.78 is 1.93. The van der Waals surface area contributed by atoms with Gasteiger partial charge in [0.05, 0.1) is 6.33 Å². The van der Waals surface area contributed by atoms with Gasteiger partial charge in [-0.3, -0.25) is 4.79 Å². The smallest absolute Gasteiger partial charge is 0.251 e. The zero-order valence-electron chi connectivity index (χ0n) is 11.1. The molecule has 19 heavy (non-hydrogen) atoms. The van der Waals surface area contributed by atoms with Gasteiger partial charge in [0.25, 0.3) is 5.91 Å². The maximum absolute atomic E-state index is 12.1. The maximum atomic E-state index is 12.1. The van der Waals surface area contributed by atoms with Gasteiger partial charge in [-0.15, -0.1) is 0 Å². The number of aromatic nitrogens is 2. The Hall–Kier alpha value is -2.30. The number of rotatable bonds is 4. The molecule has 100 valence electrons. The number of hydrogen-bond donors (Lipinski definition) is 2. The minimum atomic E-state index is -0.0786. The number of carbonyl (C=O) groups is 1. The molecule has 5 heteroatoms. The molecule has 0 aliphatic rings. The Morgan fingerprint density at radius 2 is 2.32 bits per heavy atom. The number of amides is 1. The van der Waals surface area contributed by atoms with Crippen molar-refractivity contribution >= 4 is 11.6 Å². The highest BCUT2D eigenvalue weighted by Crippen LogP contribution is 2.12. The molecule has 0 aliphatic carbocycles. The number of hydrogen-bond acceptors (Lipinski definition) is 3. The molecule has 0 spiro atoms. The van der Waals surface area contributed by atoms with Crippen LogP contribution in [0.25, 0.3) is 0 Å². The summed E-state index contributed by atoms with van der Waals surface area (Å²) in [4.78, 5) is 16.1. The lowest BCUT2D eigenvalue weighted by Crippen LogP contribution is -2.35. The van der Waals surface area contributed by atoms with Crippen LogP contribution in [0.1, 0.15) is 22.8 Å². The van der Waals surface area contributed by atoms with Crippen LogP contribution in [0.4, 0.5) is 5.69 Å². The van der Waals surface area contributed by atoms with Gasteiger partial charge in [0.15, 0.2) is 0 Å². The van der Waals surface area contributed by atoms with Crippen LogP contribution in [0.15, 0.2) is 36.9 Å². The summed E-state index contributed by atoms with van der Waals surface area (Å²) in [5.41, 5.74) is 7.89. The summed E-state index contributed by atoms with van der Waals surface area (Å²) in [6.07, 6.45) is 5.33. The molecule has 0 radical (unpaired) electrons. The molecule has 3 N–H and O–H groups in total. The third-order valence-electron chi connectivity index (χ3n) is 2.92. The number of nitrogen functional groups attached to an aromatic ring is 1. The number of nitrogens with two attached hydrogens (primary N) is 1. The fourth-order valence-corrected chi connectivity index (χ4v) is 2.00. The molecular formula is C14H18N4O. The van der Waals surface area contributed by atoms with Crippen LogP contribution >= 0.6 is 0 Å². The molecule has 2 aromatic rings. The van der Waals surface area contributed by atoms with Crippen molar-refractivity contribution < 1.29 is 4.79 Å². The van der Waals surface area contributed by atoms with Crippen LogP contribution in [-0.4, -0.2) is 21.5 Å². The third kappa shape index (κ3) is 3.34. The lowest BCUT2D eigenvalue weighted by Gasteiger charge is -2.15. The molecule has 1 aromatic heterocycles. The van der Waals surface area contributed by atoms with Crippen LogP contribution in [0.3, 0.4) is 0 Å². The summed E-state index contributed by atoms with van der Waals surface area (Å²) in [6, 6.07) is 5.32. The van der Waals surface area contributed by atoms with Crippen molar-refractivity contribution in [2.45, 2.75) is 26.4 Å². The van der Waals surface area contributed by atoms with E-state index in [1.54, 1.807) is 30.7 Å². The molecule has 2 rings (SSSR count). The Kier molecular flexibility index (Phi) is 3.85. The lowest BCUT2D eigenvalue weighted by molar-refractivity contribution is 0.0936. The van der Waals surface area contributed by atoms with Gasteiger partial charge in [-0.05, 0) is 37.6 Å². The summed E-state index contributed by atoms with van der Waals surface area (Å²) in [7, 11) is 0. The van der Waals surface area contributed by atoms with E-state index in [-0.39, 0.29) is 11.9 Å². The van der Waals surface area contributed by atoms with E-state index in [0.29, 0.717) is 17.8 Å². The monoisotopic (exact) mass is 258 g/mol. The van der Waals surface area contributed by atoms with Crippen LogP contribution in [0.5, 0.6) is 0 Å². The molecule has 5 nitrogen and oxygen atoms in total. The van der Waals surface area contributed by atoms with E-state index < -0.39 is 0 Å². The highest BCUT2D eigenvalue weighted by molar-refractivity contribution is 5.96. The van der Waals surface area contributed by atoms with Gasteiger partial charge in [-0.1, -0.05) is 0 Å². The van der Waals surface area contributed by atoms with Crippen molar-refractivity contribution in [2.24, 2.45) is 0 Å². The Labute approximate surface area is 112 Å². The number of aryl methyl sites for hydroxylation is 1. The predicted molar refractivity (Wildman–Crippen MR) is 74.7 cm³/mol. The van der Waals surface area contributed by atoms with Crippen molar-refractivity contribution in [1.82, 2.24) is 14.9 Å². The van der Waals surface area contributed by atoms with E-state index in [0.717, 1.165) is 5.56 Å². The van der Waals surface area contributed by atoms with Crippen LogP contribution < -0.4 is 11.1 Å². The SMILES string of the molecule is Cc1cc(N)ccc1C(=O)NC(C)Cn1ccnc1. The van der Waals surface area contributed by atoms with E-state index in [1.807, 2.05) is 24.6 Å². The second-order valence-electron chi connectivity index (χ2n) is 4.71. The number of benzene rings is 1. The first kappa shape index (κ1) is 13.1. The minimum Gasteiger partial charge on any atom is -0.399 e. The zero-order chi connectivity index (χ0) is 13.8. The summed E-state index contributed by atoms with van der Waals surface area (Å²) in [5.74, 6) is -0.0786. The van der Waals surface area contributed by atoms with Crippen LogP contribution in [0.2, 0.25) is 0 Å². The second kappa shape index (κ2) is 5.56. The molecule has 1 unspecified atom stereocenters. The maximum Gasteiger partial charge on any atom is 0.251 e. The zero-order valence-corrected chi connectivity index (χ0v) is 11.1. The second-order valence-corrected chi connectivity index (χ2v) is 4.71. The minimum absolute atomic E-state index is 0.0265. The molecule has 0 fully saturated rings. The fourth-order valence-electron chi connectivity index (χ4n) is 2.00. The van der Waals surface area contributed by atoms with Gasteiger partial charge in [0.1, 0.15) is 0 Å². The van der Waals surface area contributed by atoms with E-state index in [1.165, 1.54) is 0 Å². The van der Waals surface area contributed by atoms with Gasteiger partial charge < -0.3 is 15.6 Å². The quantitative estimate of drug-likeness (QED) is 0.818. The van der Waals surface area contributed by atoms with E-state index >= 15 is 0 Å². The Morgan fingerprint density at radius 3 is 2.95 bits per heavy atom. The molecule has 0 aliphatic heterocycles. The number of nitrogens with zero attached hydrogens (tertiary/aromatic N) is 2. The highest BCUT2D eigenvalue weighted by Gasteiger charge is 2.12. The average Bonchev–Trinajstić information content (AvgIpc) is 2.81. The first-order valence-corrected chi connectivity index (χ1v) is 6.19. The van der Waals surface area contributed by atoms with Crippen LogP contribution in [0, 0.1) is 6.92 Å². The van der Waals surface area contributed by atoms with E-state index in [2.05, 4.69) is 10.3 Å². The predicted octanol–water partition coefficient (Wildman–Crippen LogP) is 1.59. The third-order valence-corrected chi connectivity index (χ3v) is 2.92. The molecular weight excluding hydrogens is 240 g/mol. The van der Waals surface area contributed by atoms with E-state index in [4.69, 9.17) is 5.73 Å². The summed E-state index contributed by atoms with van der Waals surface area (Å²) in [6.45, 7) is 4.54. The van der Waals surface area contributed by atoms with Gasteiger partial charge in [0, 0.05) is 36.2 Å². The lowest BCUT2D eigenvalue weighted by atomic mass is 10.1. The average molecular weight is 258 g/mol. The molecule has 1 amide bonds. The van der Waals surface area contributed by atoms with Gasteiger partial charge in [-0.2, -0.15) is 0 Å². The topological polar surface area (TPSA) is 72.9 Å². The Bertz CT molecular complexity index is 563. The number of imidazole rings is 1. The van der Waals surface area contributed by atoms with Crippen molar-refractivity contribution in [3.63, 3.8) is 0 Å². The Morgan fingerprint density at radius 1 is 1.53 bits per heavy atom. The molecule has 1 heterocycles. The molecule has 0 saturated heterocycles. The first-order valence-electron chi connectivity index (χ1n) is 6.19. The van der Waals surface area contributed by atoms with Crippen LogP contribution in [-0.2, 0) is 6.54 Å². The van der Waals surface area contributed by atoms with Gasteiger partial charge in [0.2, 0.25) is 0 Å². The van der Waals surface area contributed by atoms with Crippen molar-refractivity contribution in [3.8, 4) is 0 Å². The van der Waals surface area contributed by atoms with Crippen molar-refractivity contribution in [2.75, 3.05) is 5.73 Å². The molecule has 1 aromatic carbocycles. The standard InChI is InChI=1S/C14H18N4O/c1-10-7-12(15)3-4-13(10)14(19)17-11(2)8-18-6-5-16-9-18/h3-7,9,11H,8,15H2,1-2H3,(H,17,19). The number of carbonyl (C=O) groups excluding carboxylic acids is 1. The largest absolute Gasteiger partial charge is 0.399 e. The molecule has 0 bridgehead atoms. The van der Waals surface area contributed by atoms with E-state index in [9.17, 15) is 4.79 Å². The normalized spacial score (nSPS) is 12.1. The summed E-state index contributed by atoms with van der Waals surface area (Å²) >= 11 is 0. The summed E-state index contributed by atoms with van der Waals surface area (Å²) in [5, 5.41) is 2.97. The van der Waals surface area contributed by atoms with Gasteiger partial charge in [-0.25, -0.2) is 4.98 Å². The van der Waals surface area contributed by atoms with Crippen molar-refractivity contribution in [1.29, 1.82) is 0 Å². The highest BCUT2D eigenvalue weighted by atomic mass is 16.1. The molecule has 1 atom stereocenters.